The van der Waals surface area contributed by atoms with Crippen molar-refractivity contribution >= 4 is 8.25 Å². The van der Waals surface area contributed by atoms with Gasteiger partial charge in [0.2, 0.25) is 0 Å². The maximum atomic E-state index is 5.41. The molecule has 0 aliphatic heterocycles. The van der Waals surface area contributed by atoms with Crippen LogP contribution in [0.3, 0.4) is 0 Å². The van der Waals surface area contributed by atoms with Gasteiger partial charge in [0.15, 0.2) is 0 Å². The maximum absolute atomic E-state index is 5.41. The van der Waals surface area contributed by atoms with Crippen LogP contribution in [-0.2, 0) is 49.5 Å². The van der Waals surface area contributed by atoms with Gasteiger partial charge in [0.25, 0.3) is 0 Å². The van der Waals surface area contributed by atoms with E-state index >= 15 is 0 Å². The quantitative estimate of drug-likeness (QED) is 0.492. The van der Waals surface area contributed by atoms with E-state index in [4.69, 9.17) is 8.25 Å². The van der Waals surface area contributed by atoms with Gasteiger partial charge in [0, 0.05) is 0 Å². The molecule has 0 heterocycles. The topological polar surface area (TPSA) is 0 Å². The van der Waals surface area contributed by atoms with Gasteiger partial charge < -0.3 is 0 Å². The van der Waals surface area contributed by atoms with E-state index < -0.39 is 23.3 Å². The van der Waals surface area contributed by atoms with Crippen molar-refractivity contribution in [2.45, 2.75) is 21.7 Å². The van der Waals surface area contributed by atoms with Crippen LogP contribution >= 0.6 is 8.25 Å². The molecule has 0 rings (SSSR count). The molecule has 0 aromatic rings. The minimum absolute atomic E-state index is 0.640. The van der Waals surface area contributed by atoms with E-state index in [9.17, 15) is 0 Å². The fraction of sp³-hybridized carbons (Fsp3) is 1.00. The van der Waals surface area contributed by atoms with Gasteiger partial charge in [-0.15, -0.1) is 0 Å². The summed E-state index contributed by atoms with van der Waals surface area (Å²) in [5, 5.41) is 0. The predicted molar refractivity (Wildman–Crippen MR) is 26.8 cm³/mol. The van der Waals surface area contributed by atoms with Gasteiger partial charge in [-0.2, -0.15) is 0 Å². The molecule has 0 unspecified atom stereocenters. The molecule has 0 aromatic heterocycles. The van der Waals surface area contributed by atoms with Crippen molar-refractivity contribution in [1.82, 2.24) is 0 Å². The van der Waals surface area contributed by atoms with Crippen LogP contribution in [0.4, 0.5) is 0 Å². The summed E-state index contributed by atoms with van der Waals surface area (Å²) in [4.78, 5) is 0. The van der Waals surface area contributed by atoms with Crippen LogP contribution in [0.1, 0.15) is 13.8 Å². The first-order valence-corrected chi connectivity index (χ1v) is 17.2. The summed E-state index contributed by atoms with van der Waals surface area (Å²) in [5.74, 6) is 0. The van der Waals surface area contributed by atoms with Crippen LogP contribution in [0.15, 0.2) is 0 Å². The Bertz CT molecular complexity index is 17.2. The van der Waals surface area contributed by atoms with E-state index in [1.807, 2.05) is 0 Å². The van der Waals surface area contributed by atoms with Crippen molar-refractivity contribution in [1.29, 1.82) is 0 Å². The molecule has 0 aliphatic rings. The van der Waals surface area contributed by atoms with E-state index in [2.05, 4.69) is 13.8 Å². The average Bonchev–Trinajstić information content (AvgIpc) is 1.69. The van der Waals surface area contributed by atoms with Crippen LogP contribution in [0.5, 0.6) is 0 Å². The van der Waals surface area contributed by atoms with E-state index in [0.717, 1.165) is 26.1 Å². The van der Waals surface area contributed by atoms with Crippen molar-refractivity contribution in [3.63, 3.8) is 0 Å². The van der Waals surface area contributed by atoms with E-state index in [0.29, 0.717) is 0 Å². The molecule has 0 spiro atoms. The predicted octanol–water partition coefficient (Wildman–Crippen LogP) is 2.63. The first-order chi connectivity index (χ1) is 3.33. The Labute approximate surface area is 78.2 Å². The molecule has 0 N–H and O–H groups in total. The Morgan fingerprint density at radius 2 is 1.71 bits per heavy atom. The van der Waals surface area contributed by atoms with Gasteiger partial charge >= 0.3 is 79.4 Å². The van der Waals surface area contributed by atoms with Crippen molar-refractivity contribution in [2.75, 3.05) is 0 Å². The third-order valence-corrected chi connectivity index (χ3v) is 4.97. The average molecular weight is 495 g/mol. The molecule has 0 atom stereocenters. The third-order valence-electron chi connectivity index (χ3n) is 0.189. The molecule has 0 radical (unpaired) electrons. The van der Waals surface area contributed by atoms with Crippen LogP contribution in [0, 0.1) is 0 Å². The Kier molecular flexibility index (Phi) is 26.7. The second kappa shape index (κ2) is 15.7. The summed E-state index contributed by atoms with van der Waals surface area (Å²) < 4.78 is 2.75. The molecule has 0 aromatic carbocycles. The molecule has 7 heavy (non-hydrogen) atoms. The normalized spacial score (nSPS) is 5.86. The molecular formula is C4H10ClHg2. The van der Waals surface area contributed by atoms with Crippen molar-refractivity contribution < 1.29 is 49.5 Å². The standard InChI is InChI=1S/2C2H5.ClH.2Hg/c2*1-2;;;/h2*1H2,2H3;1H;;/q;;;;+1/p-1. The summed E-state index contributed by atoms with van der Waals surface area (Å²) in [6, 6.07) is 0. The summed E-state index contributed by atoms with van der Waals surface area (Å²) in [7, 11) is 5.41. The molecule has 0 saturated heterocycles. The van der Waals surface area contributed by atoms with Gasteiger partial charge in [0.05, 0.1) is 0 Å². The van der Waals surface area contributed by atoms with Gasteiger partial charge in [-0.25, -0.2) is 0 Å². The van der Waals surface area contributed by atoms with E-state index in [-0.39, 0.29) is 0 Å². The zero-order valence-corrected chi connectivity index (χ0v) is 17.0. The summed E-state index contributed by atoms with van der Waals surface area (Å²) >= 11 is 0.426. The summed E-state index contributed by atoms with van der Waals surface area (Å²) in [6.45, 7) is 4.36. The zero-order valence-electron chi connectivity index (χ0n) is 5.21. The van der Waals surface area contributed by atoms with Gasteiger partial charge in [-0.05, 0) is 0 Å². The third kappa shape index (κ3) is 31.0. The molecule has 0 aliphatic carbocycles. The Balaban J connectivity index is 0. The first-order valence-electron chi connectivity index (χ1n) is 2.68. The molecule has 37 valence electrons. The van der Waals surface area contributed by atoms with Gasteiger partial charge in [0.1, 0.15) is 0 Å². The SMILES string of the molecule is C[CH2][Hg].C[CH2][Hg][Cl]. The van der Waals surface area contributed by atoms with Crippen LogP contribution in [0.25, 0.3) is 0 Å². The molecule has 0 bridgehead atoms. The minimum atomic E-state index is -0.640. The monoisotopic (exact) mass is 497 g/mol. The number of hydrogen-bond donors (Lipinski definition) is 0. The summed E-state index contributed by atoms with van der Waals surface area (Å²) in [5.41, 5.74) is 0. The zero-order chi connectivity index (χ0) is 6.12. The molecule has 0 saturated carbocycles. The van der Waals surface area contributed by atoms with E-state index in [1.54, 1.807) is 0 Å². The fourth-order valence-corrected chi connectivity index (χ4v) is 0. The van der Waals surface area contributed by atoms with Crippen molar-refractivity contribution in [2.24, 2.45) is 0 Å². The summed E-state index contributed by atoms with van der Waals surface area (Å²) in [6.07, 6.45) is 0. The molecular weight excluding hydrogens is 485 g/mol. The Morgan fingerprint density at radius 3 is 1.71 bits per heavy atom. The van der Waals surface area contributed by atoms with Crippen LogP contribution in [0.2, 0.25) is 7.86 Å². The Hall–Kier alpha value is 2.16. The van der Waals surface area contributed by atoms with Crippen molar-refractivity contribution in [3.05, 3.63) is 0 Å². The molecule has 3 heteroatoms. The fourth-order valence-electron chi connectivity index (χ4n) is 0. The first kappa shape index (κ1) is 11.9. The second-order valence-electron chi connectivity index (χ2n) is 1.19. The Morgan fingerprint density at radius 1 is 1.57 bits per heavy atom. The number of rotatable bonds is 1. The van der Waals surface area contributed by atoms with Gasteiger partial charge in [-0.1, -0.05) is 0 Å². The van der Waals surface area contributed by atoms with Crippen LogP contribution < -0.4 is 0 Å². The molecule has 0 amide bonds. The second-order valence-corrected chi connectivity index (χ2v) is 13.7. The number of halogens is 1. The number of hydrogen-bond acceptors (Lipinski definition) is 0. The molecule has 0 fully saturated rings. The van der Waals surface area contributed by atoms with Crippen LogP contribution in [-0.4, -0.2) is 0 Å². The van der Waals surface area contributed by atoms with Crippen molar-refractivity contribution in [3.8, 4) is 0 Å². The molecule has 0 nitrogen and oxygen atoms in total. The van der Waals surface area contributed by atoms with Gasteiger partial charge in [-0.3, -0.25) is 0 Å². The van der Waals surface area contributed by atoms with E-state index in [1.165, 1.54) is 7.86 Å².